The van der Waals surface area contributed by atoms with E-state index in [9.17, 15) is 29.1 Å². The number of nitrogens with zero attached hydrogens (tertiary/aromatic N) is 2. The molecule has 5 aliphatic rings. The number of aliphatic carboxylic acids is 1. The van der Waals surface area contributed by atoms with Crippen molar-refractivity contribution in [2.75, 3.05) is 19.8 Å². The zero-order chi connectivity index (χ0) is 31.6. The predicted molar refractivity (Wildman–Crippen MR) is 158 cm³/mol. The van der Waals surface area contributed by atoms with Crippen molar-refractivity contribution in [2.45, 2.75) is 94.3 Å². The Balaban J connectivity index is 1.20. The molecule has 6 rings (SSSR count). The maximum atomic E-state index is 14.1. The highest BCUT2D eigenvalue weighted by Gasteiger charge is 2.61. The van der Waals surface area contributed by atoms with Gasteiger partial charge in [0.1, 0.15) is 29.8 Å². The Kier molecular flexibility index (Phi) is 8.97. The number of fused-ring (bicyclic) bond motifs is 3. The van der Waals surface area contributed by atoms with E-state index in [1.165, 1.54) is 4.90 Å². The zero-order valence-corrected chi connectivity index (χ0v) is 25.2. The molecule has 4 aliphatic heterocycles. The third-order valence-corrected chi connectivity index (χ3v) is 9.44. The van der Waals surface area contributed by atoms with E-state index in [1.807, 2.05) is 36.4 Å². The van der Waals surface area contributed by atoms with Crippen LogP contribution in [0.5, 0.6) is 0 Å². The summed E-state index contributed by atoms with van der Waals surface area (Å²) in [6, 6.07) is 5.64. The minimum Gasteiger partial charge on any atom is -0.479 e. The lowest BCUT2D eigenvalue weighted by Crippen LogP contribution is -2.56. The SMILES string of the molecule is O=C(N[C@H]1CCCCC/C=C\[C@H]2C[C@@]2(C(=O)O)NC(=O)[C@@H]2C[C@@H](OC(=O)N3Cc4ccccc4C3)CN2C1=O)O[C@@H]1CCOC1. The van der Waals surface area contributed by atoms with Crippen LogP contribution in [0.15, 0.2) is 36.4 Å². The molecule has 1 aromatic carbocycles. The average molecular weight is 625 g/mol. The maximum absolute atomic E-state index is 14.1. The van der Waals surface area contributed by atoms with Crippen molar-refractivity contribution in [3.05, 3.63) is 47.5 Å². The molecule has 0 unspecified atom stereocenters. The van der Waals surface area contributed by atoms with E-state index in [-0.39, 0.29) is 31.9 Å². The van der Waals surface area contributed by atoms with Crippen molar-refractivity contribution in [2.24, 2.45) is 5.92 Å². The Morgan fingerprint density at radius 1 is 1.02 bits per heavy atom. The molecule has 45 heavy (non-hydrogen) atoms. The van der Waals surface area contributed by atoms with Crippen molar-refractivity contribution in [3.8, 4) is 0 Å². The Morgan fingerprint density at radius 2 is 1.80 bits per heavy atom. The van der Waals surface area contributed by atoms with Crippen LogP contribution in [0.2, 0.25) is 0 Å². The smallest absolute Gasteiger partial charge is 0.410 e. The Hall–Kier alpha value is -4.13. The first-order valence-corrected chi connectivity index (χ1v) is 15.8. The number of allylic oxidation sites excluding steroid dienone is 1. The zero-order valence-electron chi connectivity index (χ0n) is 25.2. The van der Waals surface area contributed by atoms with E-state index in [0.29, 0.717) is 39.0 Å². The molecule has 0 spiro atoms. The number of hydrogen-bond donors (Lipinski definition) is 3. The second kappa shape index (κ2) is 13.1. The molecule has 0 aromatic heterocycles. The maximum Gasteiger partial charge on any atom is 0.410 e. The summed E-state index contributed by atoms with van der Waals surface area (Å²) < 4.78 is 16.6. The van der Waals surface area contributed by atoms with Crippen molar-refractivity contribution in [3.63, 3.8) is 0 Å². The van der Waals surface area contributed by atoms with Gasteiger partial charge in [-0.2, -0.15) is 0 Å². The summed E-state index contributed by atoms with van der Waals surface area (Å²) >= 11 is 0. The quantitative estimate of drug-likeness (QED) is 0.427. The molecular formula is C32H40N4O9. The van der Waals surface area contributed by atoms with Gasteiger partial charge in [0.2, 0.25) is 11.8 Å². The van der Waals surface area contributed by atoms with Crippen molar-refractivity contribution in [1.82, 2.24) is 20.4 Å². The van der Waals surface area contributed by atoms with E-state index in [4.69, 9.17) is 14.2 Å². The minimum absolute atomic E-state index is 0.00309. The lowest BCUT2D eigenvalue weighted by molar-refractivity contribution is -0.145. The number of rotatable bonds is 4. The molecule has 1 saturated carbocycles. The second-order valence-electron chi connectivity index (χ2n) is 12.6. The Bertz CT molecular complexity index is 1340. The minimum atomic E-state index is -1.45. The van der Waals surface area contributed by atoms with Crippen molar-refractivity contribution < 1.29 is 43.3 Å². The number of carboxylic acids is 1. The van der Waals surface area contributed by atoms with Gasteiger partial charge < -0.3 is 34.9 Å². The fraction of sp³-hybridized carbons (Fsp3) is 0.594. The summed E-state index contributed by atoms with van der Waals surface area (Å²) in [7, 11) is 0. The van der Waals surface area contributed by atoms with E-state index >= 15 is 0 Å². The number of nitrogens with one attached hydrogen (secondary N) is 2. The molecule has 242 valence electrons. The van der Waals surface area contributed by atoms with Crippen LogP contribution in [0, 0.1) is 5.92 Å². The van der Waals surface area contributed by atoms with Crippen molar-refractivity contribution in [1.29, 1.82) is 0 Å². The Morgan fingerprint density at radius 3 is 2.51 bits per heavy atom. The van der Waals surface area contributed by atoms with Gasteiger partial charge in [0.25, 0.3) is 0 Å². The fourth-order valence-corrected chi connectivity index (χ4v) is 6.76. The molecular weight excluding hydrogens is 584 g/mol. The van der Waals surface area contributed by atoms with Gasteiger partial charge in [-0.1, -0.05) is 49.3 Å². The van der Waals surface area contributed by atoms with E-state index in [0.717, 1.165) is 30.4 Å². The van der Waals surface area contributed by atoms with Crippen molar-refractivity contribution >= 4 is 30.0 Å². The second-order valence-corrected chi connectivity index (χ2v) is 12.6. The van der Waals surface area contributed by atoms with Crippen LogP contribution in [-0.2, 0) is 41.7 Å². The van der Waals surface area contributed by atoms with Gasteiger partial charge in [0.15, 0.2) is 0 Å². The lowest BCUT2D eigenvalue weighted by atomic mass is 10.0. The highest BCUT2D eigenvalue weighted by Crippen LogP contribution is 2.45. The number of carboxylic acid groups (broad SMARTS) is 1. The summed E-state index contributed by atoms with van der Waals surface area (Å²) in [6.45, 7) is 1.49. The highest BCUT2D eigenvalue weighted by molar-refractivity contribution is 5.96. The lowest BCUT2D eigenvalue weighted by Gasteiger charge is -2.29. The first-order chi connectivity index (χ1) is 21.7. The fourth-order valence-electron chi connectivity index (χ4n) is 6.76. The van der Waals surface area contributed by atoms with Gasteiger partial charge in [-0.25, -0.2) is 14.4 Å². The third-order valence-electron chi connectivity index (χ3n) is 9.44. The number of benzene rings is 1. The normalized spacial score (nSPS) is 32.2. The van der Waals surface area contributed by atoms with Gasteiger partial charge in [-0.05, 0) is 36.8 Å². The summed E-state index contributed by atoms with van der Waals surface area (Å²) in [5, 5.41) is 15.5. The molecule has 6 atom stereocenters. The Labute approximate surface area is 261 Å². The summed E-state index contributed by atoms with van der Waals surface area (Å²) in [4.78, 5) is 69.0. The van der Waals surface area contributed by atoms with E-state index in [1.54, 1.807) is 4.90 Å². The van der Waals surface area contributed by atoms with Gasteiger partial charge in [0, 0.05) is 31.8 Å². The van der Waals surface area contributed by atoms with Crippen LogP contribution >= 0.6 is 0 Å². The van der Waals surface area contributed by atoms with Gasteiger partial charge in [-0.15, -0.1) is 0 Å². The molecule has 3 N–H and O–H groups in total. The van der Waals surface area contributed by atoms with E-state index in [2.05, 4.69) is 10.6 Å². The van der Waals surface area contributed by atoms with Crippen LogP contribution in [0.25, 0.3) is 0 Å². The summed E-state index contributed by atoms with van der Waals surface area (Å²) in [5.41, 5.74) is 0.601. The van der Waals surface area contributed by atoms with Crippen LogP contribution in [0.4, 0.5) is 9.59 Å². The molecule has 3 fully saturated rings. The molecule has 0 bridgehead atoms. The highest BCUT2D eigenvalue weighted by atomic mass is 16.6. The summed E-state index contributed by atoms with van der Waals surface area (Å²) in [5.74, 6) is -2.64. The van der Waals surface area contributed by atoms with E-state index < -0.39 is 59.8 Å². The topological polar surface area (TPSA) is 164 Å². The number of amides is 4. The van der Waals surface area contributed by atoms with Crippen LogP contribution in [0.3, 0.4) is 0 Å². The number of alkyl carbamates (subject to hydrolysis) is 1. The molecule has 13 heteroatoms. The van der Waals surface area contributed by atoms with Crippen LogP contribution in [0.1, 0.15) is 62.5 Å². The molecule has 4 heterocycles. The number of hydrogen-bond acceptors (Lipinski definition) is 8. The van der Waals surface area contributed by atoms with Gasteiger partial charge in [0.05, 0.1) is 19.8 Å². The molecule has 2 saturated heterocycles. The standard InChI is InChI=1S/C32H40N4O9/c37-27-26-14-24(45-31(42)35-16-20-8-6-7-9-21(20)17-35)18-36(26)28(38)25(33-30(41)44-23-12-13-43-19-23)11-5-3-1-2-4-10-22-15-32(22,34-27)29(39)40/h4,6-10,22-26H,1-3,5,11-19H2,(H,33,41)(H,34,37)(H,39,40)/b10-4-/t22-,23+,24+,25-,26-,32+/m0/s1. The van der Waals surface area contributed by atoms with Crippen LogP contribution in [-0.4, -0.2) is 94.5 Å². The van der Waals surface area contributed by atoms with Gasteiger partial charge in [-0.3, -0.25) is 14.5 Å². The monoisotopic (exact) mass is 624 g/mol. The molecule has 0 radical (unpaired) electrons. The predicted octanol–water partition coefficient (Wildman–Crippen LogP) is 2.47. The molecule has 13 nitrogen and oxygen atoms in total. The average Bonchev–Trinajstić information content (AvgIpc) is 3.43. The summed E-state index contributed by atoms with van der Waals surface area (Å²) in [6.07, 6.45) is 5.39. The largest absolute Gasteiger partial charge is 0.479 e. The molecule has 1 aliphatic carbocycles. The molecule has 1 aromatic rings. The number of carbonyl (C=O) groups excluding carboxylic acids is 4. The first kappa shape index (κ1) is 30.9. The third kappa shape index (κ3) is 6.77. The molecule has 4 amide bonds. The number of carbonyl (C=O) groups is 5. The first-order valence-electron chi connectivity index (χ1n) is 15.8. The van der Waals surface area contributed by atoms with Gasteiger partial charge >= 0.3 is 18.2 Å². The number of ether oxygens (including phenoxy) is 3. The van der Waals surface area contributed by atoms with Crippen LogP contribution < -0.4 is 10.6 Å².